The lowest BCUT2D eigenvalue weighted by Crippen LogP contribution is -2.19. The zero-order valence-corrected chi connectivity index (χ0v) is 12.8. The molecule has 3 rings (SSSR count). The molecule has 0 radical (unpaired) electrons. The fourth-order valence-electron chi connectivity index (χ4n) is 3.18. The zero-order valence-electron chi connectivity index (χ0n) is 12.8. The maximum absolute atomic E-state index is 11.8. The van der Waals surface area contributed by atoms with Gasteiger partial charge in [0, 0.05) is 17.9 Å². The number of carbonyl (C=O) groups excluding carboxylic acids is 1. The van der Waals surface area contributed by atoms with Crippen molar-refractivity contribution >= 4 is 17.3 Å². The SMILES string of the molecule is COC(=O)c1cc(NCC(C2CC2)C2CC2)cc(C)c1N. The minimum Gasteiger partial charge on any atom is -0.465 e. The van der Waals surface area contributed by atoms with E-state index >= 15 is 0 Å². The number of hydrogen-bond acceptors (Lipinski definition) is 4. The van der Waals surface area contributed by atoms with Gasteiger partial charge in [-0.25, -0.2) is 4.79 Å². The van der Waals surface area contributed by atoms with Crippen molar-refractivity contribution in [3.63, 3.8) is 0 Å². The lowest BCUT2D eigenvalue weighted by Gasteiger charge is -2.18. The highest BCUT2D eigenvalue weighted by Gasteiger charge is 2.41. The highest BCUT2D eigenvalue weighted by molar-refractivity contribution is 5.97. The summed E-state index contributed by atoms with van der Waals surface area (Å²) in [6.07, 6.45) is 5.54. The second-order valence-corrected chi connectivity index (χ2v) is 6.47. The summed E-state index contributed by atoms with van der Waals surface area (Å²) in [5.41, 5.74) is 8.81. The predicted octanol–water partition coefficient (Wildman–Crippen LogP) is 3.21. The van der Waals surface area contributed by atoms with Crippen LogP contribution in [0.15, 0.2) is 12.1 Å². The van der Waals surface area contributed by atoms with Crippen molar-refractivity contribution in [3.8, 4) is 0 Å². The van der Waals surface area contributed by atoms with E-state index in [4.69, 9.17) is 10.5 Å². The molecule has 1 aromatic rings. The first-order valence-corrected chi connectivity index (χ1v) is 7.82. The number of nitrogen functional groups attached to an aromatic ring is 1. The van der Waals surface area contributed by atoms with Crippen LogP contribution in [0.2, 0.25) is 0 Å². The van der Waals surface area contributed by atoms with Crippen LogP contribution in [0, 0.1) is 24.7 Å². The number of nitrogens with two attached hydrogens (primary N) is 1. The Hall–Kier alpha value is -1.71. The topological polar surface area (TPSA) is 64.3 Å². The molecule has 114 valence electrons. The minimum absolute atomic E-state index is 0.375. The molecular weight excluding hydrogens is 264 g/mol. The number of hydrogen-bond donors (Lipinski definition) is 2. The summed E-state index contributed by atoms with van der Waals surface area (Å²) in [6.45, 7) is 2.92. The van der Waals surface area contributed by atoms with Gasteiger partial charge in [0.2, 0.25) is 0 Å². The summed E-state index contributed by atoms with van der Waals surface area (Å²) < 4.78 is 4.80. The summed E-state index contributed by atoms with van der Waals surface area (Å²) >= 11 is 0. The number of ether oxygens (including phenoxy) is 1. The zero-order chi connectivity index (χ0) is 15.0. The number of methoxy groups -OCH3 is 1. The average Bonchev–Trinajstić information content (AvgIpc) is 3.35. The van der Waals surface area contributed by atoms with Crippen molar-refractivity contribution in [1.82, 2.24) is 0 Å². The fraction of sp³-hybridized carbons (Fsp3) is 0.588. The van der Waals surface area contributed by atoms with E-state index in [1.54, 1.807) is 0 Å². The van der Waals surface area contributed by atoms with Gasteiger partial charge >= 0.3 is 5.97 Å². The normalized spacial score (nSPS) is 17.9. The highest BCUT2D eigenvalue weighted by atomic mass is 16.5. The molecule has 0 aliphatic heterocycles. The highest BCUT2D eigenvalue weighted by Crippen LogP contribution is 2.49. The van der Waals surface area contributed by atoms with Crippen molar-refractivity contribution < 1.29 is 9.53 Å². The number of nitrogens with one attached hydrogen (secondary N) is 1. The molecule has 4 nitrogen and oxygen atoms in total. The van der Waals surface area contributed by atoms with Crippen LogP contribution in [0.3, 0.4) is 0 Å². The molecule has 1 aromatic carbocycles. The summed E-state index contributed by atoms with van der Waals surface area (Å²) in [5, 5.41) is 3.51. The molecule has 2 fully saturated rings. The first kappa shape index (κ1) is 14.2. The number of aryl methyl sites for hydroxylation is 1. The van der Waals surface area contributed by atoms with Gasteiger partial charge in [-0.15, -0.1) is 0 Å². The summed E-state index contributed by atoms with van der Waals surface area (Å²) in [7, 11) is 1.38. The molecule has 0 atom stereocenters. The van der Waals surface area contributed by atoms with Crippen LogP contribution >= 0.6 is 0 Å². The van der Waals surface area contributed by atoms with Crippen molar-refractivity contribution in [2.75, 3.05) is 24.7 Å². The lowest BCUT2D eigenvalue weighted by atomic mass is 9.97. The maximum atomic E-state index is 11.8. The van der Waals surface area contributed by atoms with E-state index in [9.17, 15) is 4.79 Å². The Morgan fingerprint density at radius 2 is 1.95 bits per heavy atom. The molecule has 4 heteroatoms. The van der Waals surface area contributed by atoms with Gasteiger partial charge in [-0.05, 0) is 68.1 Å². The second-order valence-electron chi connectivity index (χ2n) is 6.47. The van der Waals surface area contributed by atoms with Crippen molar-refractivity contribution in [3.05, 3.63) is 23.3 Å². The molecule has 0 saturated heterocycles. The first-order chi connectivity index (χ1) is 10.1. The molecular formula is C17H24N2O2. The quantitative estimate of drug-likeness (QED) is 0.623. The van der Waals surface area contributed by atoms with Gasteiger partial charge in [0.25, 0.3) is 0 Å². The summed E-state index contributed by atoms with van der Waals surface area (Å²) in [5.74, 6) is 2.25. The van der Waals surface area contributed by atoms with Crippen LogP contribution in [-0.4, -0.2) is 19.6 Å². The Morgan fingerprint density at radius 1 is 1.33 bits per heavy atom. The van der Waals surface area contributed by atoms with Gasteiger partial charge in [0.15, 0.2) is 0 Å². The van der Waals surface area contributed by atoms with E-state index in [1.807, 2.05) is 19.1 Å². The van der Waals surface area contributed by atoms with E-state index in [-0.39, 0.29) is 5.97 Å². The molecule has 2 saturated carbocycles. The Labute approximate surface area is 126 Å². The Bertz CT molecular complexity index is 536. The molecule has 0 aromatic heterocycles. The number of carbonyl (C=O) groups is 1. The molecule has 0 amide bonds. The average molecular weight is 288 g/mol. The van der Waals surface area contributed by atoms with Gasteiger partial charge in [0.05, 0.1) is 12.7 Å². The third-order valence-electron chi connectivity index (χ3n) is 4.79. The molecule has 0 unspecified atom stereocenters. The van der Waals surface area contributed by atoms with Crippen LogP contribution in [0.4, 0.5) is 11.4 Å². The van der Waals surface area contributed by atoms with Crippen LogP contribution in [0.1, 0.15) is 41.6 Å². The number of esters is 1. The van der Waals surface area contributed by atoms with Crippen LogP contribution in [0.5, 0.6) is 0 Å². The van der Waals surface area contributed by atoms with E-state index in [2.05, 4.69) is 5.32 Å². The van der Waals surface area contributed by atoms with Crippen LogP contribution in [0.25, 0.3) is 0 Å². The molecule has 3 N–H and O–H groups in total. The van der Waals surface area contributed by atoms with Gasteiger partial charge in [-0.3, -0.25) is 0 Å². The lowest BCUT2D eigenvalue weighted by molar-refractivity contribution is 0.0602. The monoisotopic (exact) mass is 288 g/mol. The molecule has 0 spiro atoms. The predicted molar refractivity (Wildman–Crippen MR) is 84.4 cm³/mol. The third kappa shape index (κ3) is 3.14. The van der Waals surface area contributed by atoms with Crippen LogP contribution < -0.4 is 11.1 Å². The maximum Gasteiger partial charge on any atom is 0.340 e. The number of anilines is 2. The van der Waals surface area contributed by atoms with Crippen molar-refractivity contribution in [1.29, 1.82) is 0 Å². The van der Waals surface area contributed by atoms with Gasteiger partial charge in [0.1, 0.15) is 0 Å². The van der Waals surface area contributed by atoms with Gasteiger partial charge in [-0.1, -0.05) is 0 Å². The largest absolute Gasteiger partial charge is 0.465 e. The standard InChI is InChI=1S/C17H24N2O2/c1-10-7-13(8-14(16(10)18)17(20)21-2)19-9-15(11-3-4-11)12-5-6-12/h7-8,11-12,15,19H,3-6,9,18H2,1-2H3. The Morgan fingerprint density at radius 3 is 2.48 bits per heavy atom. The van der Waals surface area contributed by atoms with Crippen LogP contribution in [-0.2, 0) is 4.74 Å². The number of benzene rings is 1. The molecule has 2 aliphatic rings. The molecule has 0 bridgehead atoms. The molecule has 21 heavy (non-hydrogen) atoms. The second kappa shape index (κ2) is 5.58. The minimum atomic E-state index is -0.375. The van der Waals surface area contributed by atoms with Gasteiger partial charge < -0.3 is 15.8 Å². The van der Waals surface area contributed by atoms with Crippen molar-refractivity contribution in [2.45, 2.75) is 32.6 Å². The van der Waals surface area contributed by atoms with E-state index < -0.39 is 0 Å². The Balaban J connectivity index is 1.72. The van der Waals surface area contributed by atoms with E-state index in [0.29, 0.717) is 11.3 Å². The fourth-order valence-corrected chi connectivity index (χ4v) is 3.18. The Kier molecular flexibility index (Phi) is 3.79. The van der Waals surface area contributed by atoms with Gasteiger partial charge in [-0.2, -0.15) is 0 Å². The number of rotatable bonds is 6. The van der Waals surface area contributed by atoms with E-state index in [1.165, 1.54) is 32.8 Å². The molecule has 0 heterocycles. The summed E-state index contributed by atoms with van der Waals surface area (Å²) in [6, 6.07) is 3.82. The summed E-state index contributed by atoms with van der Waals surface area (Å²) in [4.78, 5) is 11.8. The molecule has 2 aliphatic carbocycles. The first-order valence-electron chi connectivity index (χ1n) is 7.82. The van der Waals surface area contributed by atoms with Crippen molar-refractivity contribution in [2.24, 2.45) is 17.8 Å². The van der Waals surface area contributed by atoms with E-state index in [0.717, 1.165) is 35.5 Å². The third-order valence-corrected chi connectivity index (χ3v) is 4.79. The smallest absolute Gasteiger partial charge is 0.340 e.